The lowest BCUT2D eigenvalue weighted by Crippen LogP contribution is -2.47. The van der Waals surface area contributed by atoms with Gasteiger partial charge in [-0.2, -0.15) is 0 Å². The molecule has 0 saturated carbocycles. The summed E-state index contributed by atoms with van der Waals surface area (Å²) in [6, 6.07) is -0.677. The first-order valence-electron chi connectivity index (χ1n) is 11.2. The van der Waals surface area contributed by atoms with Gasteiger partial charge >= 0.3 is 18.2 Å². The second-order valence-corrected chi connectivity index (χ2v) is 16.0. The highest BCUT2D eigenvalue weighted by atomic mass is 28.4. The van der Waals surface area contributed by atoms with Gasteiger partial charge in [0, 0.05) is 19.6 Å². The molecule has 0 radical (unpaired) electrons. The summed E-state index contributed by atoms with van der Waals surface area (Å²) in [4.78, 5) is 39.9. The number of likely N-dealkylation sites (tertiary alicyclic amines) is 1. The van der Waals surface area contributed by atoms with Gasteiger partial charge < -0.3 is 18.8 Å². The van der Waals surface area contributed by atoms with E-state index in [-0.39, 0.29) is 17.7 Å². The summed E-state index contributed by atoms with van der Waals surface area (Å²) >= 11 is 0. The second-order valence-electron chi connectivity index (χ2n) is 11.2. The molecule has 2 aliphatic heterocycles. The molecule has 0 aliphatic carbocycles. The fraction of sp³-hybridized carbons (Fsp3) is 0.864. The first-order valence-corrected chi connectivity index (χ1v) is 14.2. The zero-order valence-electron chi connectivity index (χ0n) is 20.4. The zero-order valence-corrected chi connectivity index (χ0v) is 21.4. The Morgan fingerprint density at radius 1 is 1.10 bits per heavy atom. The molecule has 2 heterocycles. The van der Waals surface area contributed by atoms with E-state index in [2.05, 4.69) is 33.9 Å². The van der Waals surface area contributed by atoms with Crippen LogP contribution < -0.4 is 0 Å². The number of ether oxygens (including phenoxy) is 2. The third kappa shape index (κ3) is 6.93. The van der Waals surface area contributed by atoms with Gasteiger partial charge in [-0.15, -0.1) is 0 Å². The first-order chi connectivity index (χ1) is 14.1. The van der Waals surface area contributed by atoms with E-state index >= 15 is 0 Å². The second kappa shape index (κ2) is 9.48. The average molecular weight is 457 g/mol. The van der Waals surface area contributed by atoms with Crippen molar-refractivity contribution in [1.82, 2.24) is 9.80 Å². The molecule has 0 N–H and O–H groups in total. The predicted molar refractivity (Wildman–Crippen MR) is 120 cm³/mol. The standard InChI is InChI=1S/C22H40N2O6Si/c1-21(2,3)30-19(26)23-12-9-16(10-13-23)11-14-24-17(18(25)29-20(24)27)15-28-31(7,8)22(4,5)6/h16-17H,9-15H2,1-8H3/t17-/m1/s1. The number of carbonyl (C=O) groups is 3. The fourth-order valence-corrected chi connectivity index (χ4v) is 4.44. The summed E-state index contributed by atoms with van der Waals surface area (Å²) in [6.45, 7) is 18.1. The van der Waals surface area contributed by atoms with E-state index in [0.717, 1.165) is 19.3 Å². The lowest BCUT2D eigenvalue weighted by molar-refractivity contribution is -0.136. The van der Waals surface area contributed by atoms with E-state index in [1.165, 1.54) is 4.90 Å². The molecule has 9 heteroatoms. The summed E-state index contributed by atoms with van der Waals surface area (Å²) in [5, 5.41) is 0.0203. The third-order valence-electron chi connectivity index (χ3n) is 6.52. The van der Waals surface area contributed by atoms with Crippen LogP contribution in [0.25, 0.3) is 0 Å². The van der Waals surface area contributed by atoms with Gasteiger partial charge in [0.2, 0.25) is 0 Å². The lowest BCUT2D eigenvalue weighted by atomic mass is 9.93. The molecule has 178 valence electrons. The Kier molecular flexibility index (Phi) is 7.84. The molecule has 8 nitrogen and oxygen atoms in total. The molecule has 2 saturated heterocycles. The Hall–Kier alpha value is -1.61. The highest BCUT2D eigenvalue weighted by Crippen LogP contribution is 2.37. The number of piperidine rings is 1. The minimum atomic E-state index is -2.04. The van der Waals surface area contributed by atoms with Crippen LogP contribution in [0, 0.1) is 5.92 Å². The third-order valence-corrected chi connectivity index (χ3v) is 11.0. The summed E-state index contributed by atoms with van der Waals surface area (Å²) < 4.78 is 16.5. The molecule has 0 aromatic rings. The average Bonchev–Trinajstić information content (AvgIpc) is 2.89. The largest absolute Gasteiger partial charge is 0.444 e. The molecule has 0 unspecified atom stereocenters. The SMILES string of the molecule is CC(C)(C)OC(=O)N1CCC(CCN2C(=O)OC(=O)[C@H]2CO[Si](C)(C)C(C)(C)C)CC1. The number of esters is 1. The Morgan fingerprint density at radius 3 is 2.19 bits per heavy atom. The van der Waals surface area contributed by atoms with E-state index < -0.39 is 32.0 Å². The molecule has 1 atom stereocenters. The predicted octanol–water partition coefficient (Wildman–Crippen LogP) is 4.39. The smallest absolute Gasteiger partial charge is 0.418 e. The van der Waals surface area contributed by atoms with Crippen LogP contribution >= 0.6 is 0 Å². The van der Waals surface area contributed by atoms with E-state index in [1.54, 1.807) is 4.90 Å². The number of rotatable bonds is 6. The minimum absolute atomic E-state index is 0.0203. The van der Waals surface area contributed by atoms with Gasteiger partial charge in [0.1, 0.15) is 5.60 Å². The Labute approximate surface area is 187 Å². The molecular formula is C22H40N2O6Si. The minimum Gasteiger partial charge on any atom is -0.444 e. The van der Waals surface area contributed by atoms with E-state index in [9.17, 15) is 14.4 Å². The summed E-state index contributed by atoms with van der Waals surface area (Å²) in [7, 11) is -2.04. The van der Waals surface area contributed by atoms with Crippen LogP contribution in [0.15, 0.2) is 0 Å². The number of amides is 2. The van der Waals surface area contributed by atoms with Crippen molar-refractivity contribution in [3.63, 3.8) is 0 Å². The summed E-state index contributed by atoms with van der Waals surface area (Å²) in [5.74, 6) is -0.146. The number of cyclic esters (lactones) is 2. The van der Waals surface area contributed by atoms with Crippen molar-refractivity contribution in [3.05, 3.63) is 0 Å². The van der Waals surface area contributed by atoms with Crippen molar-refractivity contribution < 1.29 is 28.3 Å². The summed E-state index contributed by atoms with van der Waals surface area (Å²) in [5.41, 5.74) is -0.502. The van der Waals surface area contributed by atoms with E-state index in [1.807, 2.05) is 20.8 Å². The van der Waals surface area contributed by atoms with Crippen molar-refractivity contribution in [2.24, 2.45) is 5.92 Å². The fourth-order valence-electron chi connectivity index (χ4n) is 3.43. The molecule has 2 aliphatic rings. The normalized spacial score (nSPS) is 21.5. The molecule has 2 amide bonds. The molecule has 0 bridgehead atoms. The van der Waals surface area contributed by atoms with Gasteiger partial charge in [0.15, 0.2) is 14.4 Å². The molecule has 0 spiro atoms. The van der Waals surface area contributed by atoms with Gasteiger partial charge in [-0.3, -0.25) is 4.90 Å². The van der Waals surface area contributed by atoms with Crippen LogP contribution in [0.4, 0.5) is 9.59 Å². The highest BCUT2D eigenvalue weighted by Gasteiger charge is 2.44. The molecule has 31 heavy (non-hydrogen) atoms. The number of carbonyl (C=O) groups excluding carboxylic acids is 3. The van der Waals surface area contributed by atoms with Crippen LogP contribution in [0.1, 0.15) is 60.8 Å². The van der Waals surface area contributed by atoms with E-state index in [0.29, 0.717) is 25.6 Å². The van der Waals surface area contributed by atoms with Gasteiger partial charge in [0.05, 0.1) is 6.61 Å². The van der Waals surface area contributed by atoms with Crippen LogP contribution in [-0.4, -0.2) is 74.2 Å². The van der Waals surface area contributed by atoms with Crippen molar-refractivity contribution in [1.29, 1.82) is 0 Å². The molecule has 0 aromatic heterocycles. The van der Waals surface area contributed by atoms with Gasteiger partial charge in [-0.1, -0.05) is 20.8 Å². The van der Waals surface area contributed by atoms with E-state index in [4.69, 9.17) is 13.9 Å². The summed E-state index contributed by atoms with van der Waals surface area (Å²) in [6.07, 6.45) is 1.60. The maximum Gasteiger partial charge on any atom is 0.418 e. The maximum atomic E-state index is 12.2. The molecular weight excluding hydrogens is 416 g/mol. The Balaban J connectivity index is 1.85. The van der Waals surface area contributed by atoms with Crippen LogP contribution in [0.3, 0.4) is 0 Å². The lowest BCUT2D eigenvalue weighted by Gasteiger charge is -2.37. The maximum absolute atomic E-state index is 12.2. The monoisotopic (exact) mass is 456 g/mol. The topological polar surface area (TPSA) is 85.4 Å². The highest BCUT2D eigenvalue weighted by molar-refractivity contribution is 6.74. The van der Waals surface area contributed by atoms with Crippen molar-refractivity contribution >= 4 is 26.5 Å². The van der Waals surface area contributed by atoms with Crippen molar-refractivity contribution in [2.75, 3.05) is 26.2 Å². The van der Waals surface area contributed by atoms with Crippen LogP contribution in [-0.2, 0) is 18.7 Å². The van der Waals surface area contributed by atoms with Crippen LogP contribution in [0.5, 0.6) is 0 Å². The van der Waals surface area contributed by atoms with Crippen LogP contribution in [0.2, 0.25) is 18.1 Å². The number of hydrogen-bond donors (Lipinski definition) is 0. The number of hydrogen-bond acceptors (Lipinski definition) is 6. The van der Waals surface area contributed by atoms with Crippen molar-refractivity contribution in [3.8, 4) is 0 Å². The molecule has 0 aromatic carbocycles. The van der Waals surface area contributed by atoms with Gasteiger partial charge in [-0.05, 0) is 64.1 Å². The Bertz CT molecular complexity index is 674. The quantitative estimate of drug-likeness (QED) is 0.335. The molecule has 2 rings (SSSR count). The zero-order chi connectivity index (χ0) is 23.6. The Morgan fingerprint density at radius 2 is 1.68 bits per heavy atom. The van der Waals surface area contributed by atoms with Crippen molar-refractivity contribution in [2.45, 2.75) is 90.6 Å². The van der Waals surface area contributed by atoms with Gasteiger partial charge in [-0.25, -0.2) is 14.4 Å². The van der Waals surface area contributed by atoms with Gasteiger partial charge in [0.25, 0.3) is 0 Å². The number of nitrogens with zero attached hydrogens (tertiary/aromatic N) is 2. The first kappa shape index (κ1) is 25.6. The molecule has 2 fully saturated rings.